The van der Waals surface area contributed by atoms with E-state index < -0.39 is 0 Å². The molecule has 2 N–H and O–H groups in total. The first-order valence-corrected chi connectivity index (χ1v) is 15.6. The normalized spacial score (nSPS) is 12.6. The molecule has 2 amide bonds. The number of unbranched alkanes of at least 4 members (excludes halogenated alkanes) is 11. The fourth-order valence-electron chi connectivity index (χ4n) is 4.61. The van der Waals surface area contributed by atoms with Crippen molar-refractivity contribution in [2.45, 2.75) is 97.4 Å². The van der Waals surface area contributed by atoms with Crippen molar-refractivity contribution in [2.75, 3.05) is 23.1 Å². The van der Waals surface area contributed by atoms with Crippen LogP contribution in [0.5, 0.6) is 5.75 Å². The number of rotatable bonds is 18. The molecule has 1 aliphatic heterocycles. The van der Waals surface area contributed by atoms with Gasteiger partial charge in [0.1, 0.15) is 5.75 Å². The molecule has 0 radical (unpaired) electrons. The molecule has 0 bridgehead atoms. The van der Waals surface area contributed by atoms with Crippen LogP contribution >= 0.6 is 28.7 Å². The molecule has 0 fully saturated rings. The number of para-hydroxylation sites is 2. The van der Waals surface area contributed by atoms with Crippen molar-refractivity contribution in [1.29, 1.82) is 0 Å². The molecule has 216 valence electrons. The second kappa shape index (κ2) is 19.9. The minimum atomic E-state index is -0.270. The van der Waals surface area contributed by atoms with Gasteiger partial charge in [0.25, 0.3) is 0 Å². The van der Waals surface area contributed by atoms with E-state index in [0.29, 0.717) is 18.0 Å². The second-order valence-corrected chi connectivity index (χ2v) is 11.1. The molecule has 0 unspecified atom stereocenters. The molecule has 1 aliphatic rings. The lowest BCUT2D eigenvalue weighted by Gasteiger charge is -2.19. The van der Waals surface area contributed by atoms with Crippen LogP contribution in [-0.2, 0) is 6.54 Å². The maximum Gasteiger partial charge on any atom is 0.323 e. The summed E-state index contributed by atoms with van der Waals surface area (Å²) < 4.78 is 6.01. The van der Waals surface area contributed by atoms with Crippen molar-refractivity contribution in [1.82, 2.24) is 4.90 Å². The van der Waals surface area contributed by atoms with Gasteiger partial charge in [0.2, 0.25) is 0 Å². The predicted octanol–water partition coefficient (Wildman–Crippen LogP) is 10.4. The number of thioether (sulfide) groups is 1. The number of urea groups is 1. The van der Waals surface area contributed by atoms with Gasteiger partial charge in [0, 0.05) is 17.9 Å². The molecule has 0 aromatic heterocycles. The predicted molar refractivity (Wildman–Crippen MR) is 174 cm³/mol. The maximum atomic E-state index is 12.6. The molecule has 0 saturated carbocycles. The van der Waals surface area contributed by atoms with E-state index in [-0.39, 0.29) is 23.0 Å². The number of hydrogen-bond donors (Lipinski definition) is 2. The van der Waals surface area contributed by atoms with E-state index in [1.165, 1.54) is 81.9 Å². The van der Waals surface area contributed by atoms with E-state index in [2.05, 4.69) is 46.9 Å². The Morgan fingerprint density at radius 3 is 2.08 bits per heavy atom. The summed E-state index contributed by atoms with van der Waals surface area (Å²) in [7, 11) is 0. The third-order valence-corrected chi connectivity index (χ3v) is 7.93. The van der Waals surface area contributed by atoms with Gasteiger partial charge < -0.3 is 20.3 Å². The van der Waals surface area contributed by atoms with Crippen molar-refractivity contribution in [2.24, 2.45) is 0 Å². The summed E-state index contributed by atoms with van der Waals surface area (Å²) in [4.78, 5) is 15.0. The molecule has 2 aromatic carbocycles. The van der Waals surface area contributed by atoms with Gasteiger partial charge in [-0.25, -0.2) is 4.79 Å². The van der Waals surface area contributed by atoms with Crippen LogP contribution in [0.15, 0.2) is 59.6 Å². The Balaban J connectivity index is 0.00000533. The van der Waals surface area contributed by atoms with Crippen molar-refractivity contribution < 1.29 is 9.53 Å². The van der Waals surface area contributed by atoms with Crippen molar-refractivity contribution >= 4 is 46.1 Å². The van der Waals surface area contributed by atoms with Crippen molar-refractivity contribution in [3.8, 4) is 5.75 Å². The van der Waals surface area contributed by atoms with Crippen molar-refractivity contribution in [3.05, 3.63) is 65.2 Å². The summed E-state index contributed by atoms with van der Waals surface area (Å²) in [5, 5.41) is 8.07. The van der Waals surface area contributed by atoms with E-state index in [9.17, 15) is 4.79 Å². The van der Waals surface area contributed by atoms with Crippen LogP contribution in [-0.4, -0.2) is 23.4 Å². The Morgan fingerprint density at radius 1 is 0.846 bits per heavy atom. The number of anilines is 2. The molecule has 7 heteroatoms. The van der Waals surface area contributed by atoms with Gasteiger partial charge in [-0.1, -0.05) is 102 Å². The zero-order valence-electron chi connectivity index (χ0n) is 23.9. The van der Waals surface area contributed by atoms with E-state index in [4.69, 9.17) is 4.74 Å². The van der Waals surface area contributed by atoms with Gasteiger partial charge in [0.15, 0.2) is 0 Å². The van der Waals surface area contributed by atoms with Gasteiger partial charge in [0.05, 0.1) is 18.2 Å². The maximum absolute atomic E-state index is 12.6. The molecule has 2 aromatic rings. The largest absolute Gasteiger partial charge is 0.491 e. The third kappa shape index (κ3) is 13.2. The molecule has 0 saturated heterocycles. The molecule has 39 heavy (non-hydrogen) atoms. The van der Waals surface area contributed by atoms with Gasteiger partial charge >= 0.3 is 6.03 Å². The number of carbonyl (C=O) groups excluding carboxylic acids is 1. The smallest absolute Gasteiger partial charge is 0.323 e. The summed E-state index contributed by atoms with van der Waals surface area (Å²) in [5.41, 5.74) is 3.98. The van der Waals surface area contributed by atoms with E-state index in [1.54, 1.807) is 0 Å². The number of halogens is 1. The quantitative estimate of drug-likeness (QED) is 0.163. The Hall–Kier alpha value is -2.12. The summed E-state index contributed by atoms with van der Waals surface area (Å²) in [5.74, 6) is 1.71. The third-order valence-electron chi connectivity index (χ3n) is 6.96. The Bertz CT molecular complexity index is 984. The van der Waals surface area contributed by atoms with Crippen LogP contribution < -0.4 is 15.4 Å². The Labute approximate surface area is 251 Å². The van der Waals surface area contributed by atoms with Gasteiger partial charge in [-0.3, -0.25) is 0 Å². The molecular weight excluding hydrogens is 570 g/mol. The number of hydrogen-bond acceptors (Lipinski definition) is 4. The number of benzene rings is 2. The molecule has 5 nitrogen and oxygen atoms in total. The van der Waals surface area contributed by atoms with E-state index in [0.717, 1.165) is 24.5 Å². The minimum absolute atomic E-state index is 0. The number of allylic oxidation sites excluding steroid dienone is 1. The van der Waals surface area contributed by atoms with Crippen LogP contribution in [0.3, 0.4) is 0 Å². The van der Waals surface area contributed by atoms with Crippen LogP contribution in [0.1, 0.15) is 96.5 Å². The molecule has 1 heterocycles. The second-order valence-electron chi connectivity index (χ2n) is 10.3. The fraction of sp³-hybridized carbons (Fsp3) is 0.531. The lowest BCUT2D eigenvalue weighted by Crippen LogP contribution is -2.20. The first-order chi connectivity index (χ1) is 18.7. The van der Waals surface area contributed by atoms with Crippen LogP contribution in [0.25, 0.3) is 0 Å². The van der Waals surface area contributed by atoms with Crippen molar-refractivity contribution in [3.63, 3.8) is 0 Å². The fourth-order valence-corrected chi connectivity index (χ4v) is 5.55. The topological polar surface area (TPSA) is 53.6 Å². The standard InChI is InChI=1S/C32H47N3O2S.BrH/c1-3-4-5-6-7-8-9-10-11-12-13-16-23-37-31-18-15-14-17-30(31)34-32(36)33-29-21-19-28(20-22-29)24-35-26-38-25-27(35)2;/h14-15,17-22,25H,3-13,16,23-24,26H2,1-2H3,(H2,33,34,36);1H. The zero-order valence-corrected chi connectivity index (χ0v) is 26.4. The Kier molecular flexibility index (Phi) is 16.9. The molecular formula is C32H48BrN3O2S. The highest BCUT2D eigenvalue weighted by atomic mass is 79.9. The van der Waals surface area contributed by atoms with E-state index in [1.807, 2.05) is 48.2 Å². The average molecular weight is 619 g/mol. The SMILES string of the molecule is Br.CCCCCCCCCCCCCCOc1ccccc1NC(=O)Nc1ccc(CN2CSC=C2C)cc1. The first kappa shape index (κ1) is 33.1. The molecule has 3 rings (SSSR count). The minimum Gasteiger partial charge on any atom is -0.491 e. The highest BCUT2D eigenvalue weighted by Gasteiger charge is 2.12. The number of nitrogens with one attached hydrogen (secondary N) is 2. The van der Waals surface area contributed by atoms with Gasteiger partial charge in [-0.15, -0.1) is 28.7 Å². The number of amides is 2. The summed E-state index contributed by atoms with van der Waals surface area (Å²) in [6.07, 6.45) is 15.9. The first-order valence-electron chi connectivity index (χ1n) is 14.6. The summed E-state index contributed by atoms with van der Waals surface area (Å²) >= 11 is 1.82. The summed E-state index contributed by atoms with van der Waals surface area (Å²) in [6.45, 7) is 5.96. The monoisotopic (exact) mass is 617 g/mol. The summed E-state index contributed by atoms with van der Waals surface area (Å²) in [6, 6.07) is 15.4. The van der Waals surface area contributed by atoms with Crippen LogP contribution in [0, 0.1) is 0 Å². The number of carbonyl (C=O) groups is 1. The van der Waals surface area contributed by atoms with Crippen LogP contribution in [0.2, 0.25) is 0 Å². The molecule has 0 aliphatic carbocycles. The lowest BCUT2D eigenvalue weighted by molar-refractivity contribution is 0.261. The Morgan fingerprint density at radius 2 is 1.46 bits per heavy atom. The zero-order chi connectivity index (χ0) is 26.8. The van der Waals surface area contributed by atoms with Gasteiger partial charge in [-0.2, -0.15) is 0 Å². The average Bonchev–Trinajstić information content (AvgIpc) is 3.32. The van der Waals surface area contributed by atoms with E-state index >= 15 is 0 Å². The molecule has 0 spiro atoms. The number of nitrogens with zero attached hydrogens (tertiary/aromatic N) is 1. The highest BCUT2D eigenvalue weighted by Crippen LogP contribution is 2.26. The lowest BCUT2D eigenvalue weighted by atomic mass is 10.1. The van der Waals surface area contributed by atoms with Gasteiger partial charge in [-0.05, 0) is 48.6 Å². The number of ether oxygens (including phenoxy) is 1. The highest BCUT2D eigenvalue weighted by molar-refractivity contribution is 8.93. The van der Waals surface area contributed by atoms with Crippen LogP contribution in [0.4, 0.5) is 16.2 Å². The molecule has 0 atom stereocenters.